The van der Waals surface area contributed by atoms with E-state index >= 15 is 0 Å². The molecule has 2 aromatic rings. The normalized spacial score (nSPS) is 22.8. The fraction of sp³-hybridized carbons (Fsp3) is 0.357. The summed E-state index contributed by atoms with van der Waals surface area (Å²) in [7, 11) is 1.72. The van der Waals surface area contributed by atoms with Crippen LogP contribution in [0.15, 0.2) is 30.5 Å². The van der Waals surface area contributed by atoms with Crippen LogP contribution in [0.25, 0.3) is 11.3 Å². The van der Waals surface area contributed by atoms with Gasteiger partial charge in [-0.05, 0) is 18.6 Å². The Labute approximate surface area is 111 Å². The molecule has 1 aliphatic rings. The number of hydrogen-bond donors (Lipinski definition) is 2. The van der Waals surface area contributed by atoms with Crippen LogP contribution in [-0.2, 0) is 4.74 Å². The quantitative estimate of drug-likeness (QED) is 0.891. The average Bonchev–Trinajstić information content (AvgIpc) is 3.07. The Hall–Kier alpha value is -1.72. The fourth-order valence-corrected chi connectivity index (χ4v) is 2.41. The second-order valence-electron chi connectivity index (χ2n) is 4.75. The van der Waals surface area contributed by atoms with E-state index in [9.17, 15) is 4.39 Å². The van der Waals surface area contributed by atoms with Gasteiger partial charge < -0.3 is 15.0 Å². The monoisotopic (exact) mass is 261 g/mol. The van der Waals surface area contributed by atoms with E-state index in [0.717, 1.165) is 30.0 Å². The van der Waals surface area contributed by atoms with E-state index in [0.29, 0.717) is 0 Å². The highest BCUT2D eigenvalue weighted by Gasteiger charge is 2.27. The van der Waals surface area contributed by atoms with Gasteiger partial charge in [0.05, 0.1) is 24.0 Å². The summed E-state index contributed by atoms with van der Waals surface area (Å²) in [5.41, 5.74) is 1.64. The first-order valence-electron chi connectivity index (χ1n) is 6.33. The number of nitrogens with one attached hydrogen (secondary N) is 2. The number of rotatable bonds is 3. The zero-order valence-electron chi connectivity index (χ0n) is 10.7. The van der Waals surface area contributed by atoms with Gasteiger partial charge in [0.15, 0.2) is 0 Å². The molecule has 5 heteroatoms. The van der Waals surface area contributed by atoms with Gasteiger partial charge in [0.1, 0.15) is 11.6 Å². The standard InChI is InChI=1S/C14H16FN3O/c1-19-11-6-12(16-7-11)14-17-8-13(18-14)9-3-2-4-10(15)5-9/h2-5,8,11-12,16H,6-7H2,1H3,(H,17,18)/t11-,12+/m1/s1. The Morgan fingerprint density at radius 3 is 3.05 bits per heavy atom. The molecule has 0 amide bonds. The van der Waals surface area contributed by atoms with Crippen molar-refractivity contribution in [1.82, 2.24) is 15.3 Å². The van der Waals surface area contributed by atoms with Gasteiger partial charge in [0, 0.05) is 19.2 Å². The second-order valence-corrected chi connectivity index (χ2v) is 4.75. The van der Waals surface area contributed by atoms with Gasteiger partial charge in [-0.3, -0.25) is 0 Å². The van der Waals surface area contributed by atoms with Crippen LogP contribution in [0.4, 0.5) is 4.39 Å². The van der Waals surface area contributed by atoms with E-state index in [1.807, 2.05) is 6.07 Å². The molecule has 4 nitrogen and oxygen atoms in total. The minimum atomic E-state index is -0.243. The number of aromatic amines is 1. The first kappa shape index (κ1) is 12.3. The van der Waals surface area contributed by atoms with Crippen molar-refractivity contribution < 1.29 is 9.13 Å². The molecule has 0 unspecified atom stereocenters. The van der Waals surface area contributed by atoms with Crippen molar-refractivity contribution in [2.24, 2.45) is 0 Å². The number of benzene rings is 1. The third-order valence-electron chi connectivity index (χ3n) is 3.49. The largest absolute Gasteiger partial charge is 0.380 e. The zero-order valence-corrected chi connectivity index (χ0v) is 10.7. The van der Waals surface area contributed by atoms with Gasteiger partial charge in [-0.15, -0.1) is 0 Å². The maximum Gasteiger partial charge on any atom is 0.123 e. The molecule has 2 N–H and O–H groups in total. The van der Waals surface area contributed by atoms with E-state index in [-0.39, 0.29) is 18.0 Å². The van der Waals surface area contributed by atoms with E-state index in [2.05, 4.69) is 15.3 Å². The molecule has 0 radical (unpaired) electrons. The minimum Gasteiger partial charge on any atom is -0.380 e. The van der Waals surface area contributed by atoms with Crippen molar-refractivity contribution in [1.29, 1.82) is 0 Å². The molecule has 1 aromatic heterocycles. The van der Waals surface area contributed by atoms with Crippen LogP contribution < -0.4 is 5.32 Å². The Kier molecular flexibility index (Phi) is 3.31. The Morgan fingerprint density at radius 2 is 2.32 bits per heavy atom. The molecule has 0 aliphatic carbocycles. The Morgan fingerprint density at radius 1 is 1.42 bits per heavy atom. The topological polar surface area (TPSA) is 49.9 Å². The van der Waals surface area contributed by atoms with Crippen molar-refractivity contribution in [2.75, 3.05) is 13.7 Å². The van der Waals surface area contributed by atoms with Crippen LogP contribution in [0.1, 0.15) is 18.3 Å². The van der Waals surface area contributed by atoms with E-state index in [1.165, 1.54) is 12.1 Å². The average molecular weight is 261 g/mol. The molecule has 1 fully saturated rings. The number of halogens is 1. The summed E-state index contributed by atoms with van der Waals surface area (Å²) in [4.78, 5) is 7.62. The predicted molar refractivity (Wildman–Crippen MR) is 70.1 cm³/mol. The van der Waals surface area contributed by atoms with Crippen LogP contribution in [0.3, 0.4) is 0 Å². The van der Waals surface area contributed by atoms with Gasteiger partial charge in [-0.1, -0.05) is 12.1 Å². The molecular formula is C14H16FN3O. The van der Waals surface area contributed by atoms with Crippen LogP contribution in [0, 0.1) is 5.82 Å². The second kappa shape index (κ2) is 5.11. The molecule has 19 heavy (non-hydrogen) atoms. The summed E-state index contributed by atoms with van der Waals surface area (Å²) in [5.74, 6) is 0.630. The SMILES string of the molecule is CO[C@H]1CN[C@H](c2ncc(-c3cccc(F)c3)[nH]2)C1. The molecule has 2 heterocycles. The highest BCUT2D eigenvalue weighted by atomic mass is 19.1. The van der Waals surface area contributed by atoms with Crippen LogP contribution in [0.2, 0.25) is 0 Å². The van der Waals surface area contributed by atoms with Crippen molar-refractivity contribution >= 4 is 0 Å². The summed E-state index contributed by atoms with van der Waals surface area (Å²) >= 11 is 0. The summed E-state index contributed by atoms with van der Waals surface area (Å²) in [6, 6.07) is 6.66. The lowest BCUT2D eigenvalue weighted by molar-refractivity contribution is 0.117. The Balaban J connectivity index is 1.80. The van der Waals surface area contributed by atoms with Crippen LogP contribution in [-0.4, -0.2) is 29.7 Å². The zero-order chi connectivity index (χ0) is 13.2. The van der Waals surface area contributed by atoms with Gasteiger partial charge >= 0.3 is 0 Å². The minimum absolute atomic E-state index is 0.173. The molecule has 100 valence electrons. The van der Waals surface area contributed by atoms with Gasteiger partial charge in [-0.2, -0.15) is 0 Å². The highest BCUT2D eigenvalue weighted by Crippen LogP contribution is 2.25. The van der Waals surface area contributed by atoms with Crippen LogP contribution >= 0.6 is 0 Å². The number of methoxy groups -OCH3 is 1. The molecule has 3 rings (SSSR count). The maximum atomic E-state index is 13.2. The lowest BCUT2D eigenvalue weighted by Crippen LogP contribution is -2.16. The van der Waals surface area contributed by atoms with E-state index in [4.69, 9.17) is 4.74 Å². The number of imidazole rings is 1. The number of H-pyrrole nitrogens is 1. The molecular weight excluding hydrogens is 245 g/mol. The van der Waals surface area contributed by atoms with Gasteiger partial charge in [-0.25, -0.2) is 9.37 Å². The smallest absolute Gasteiger partial charge is 0.123 e. The summed E-state index contributed by atoms with van der Waals surface area (Å²) < 4.78 is 18.5. The van der Waals surface area contributed by atoms with Gasteiger partial charge in [0.2, 0.25) is 0 Å². The number of nitrogens with zero attached hydrogens (tertiary/aromatic N) is 1. The molecule has 0 bridgehead atoms. The van der Waals surface area contributed by atoms with Crippen molar-refractivity contribution in [2.45, 2.75) is 18.6 Å². The third kappa shape index (κ3) is 2.52. The highest BCUT2D eigenvalue weighted by molar-refractivity contribution is 5.58. The van der Waals surface area contributed by atoms with Crippen LogP contribution in [0.5, 0.6) is 0 Å². The fourth-order valence-electron chi connectivity index (χ4n) is 2.41. The van der Waals surface area contributed by atoms with Crippen molar-refractivity contribution in [3.63, 3.8) is 0 Å². The molecule has 0 spiro atoms. The number of aromatic nitrogens is 2. The number of hydrogen-bond acceptors (Lipinski definition) is 3. The first-order valence-corrected chi connectivity index (χ1v) is 6.33. The van der Waals surface area contributed by atoms with Crippen molar-refractivity contribution in [3.05, 3.63) is 42.1 Å². The molecule has 1 aliphatic heterocycles. The van der Waals surface area contributed by atoms with Crippen molar-refractivity contribution in [3.8, 4) is 11.3 Å². The maximum absolute atomic E-state index is 13.2. The molecule has 0 saturated carbocycles. The third-order valence-corrected chi connectivity index (χ3v) is 3.49. The van der Waals surface area contributed by atoms with E-state index < -0.39 is 0 Å². The lowest BCUT2D eigenvalue weighted by Gasteiger charge is -2.06. The summed E-state index contributed by atoms with van der Waals surface area (Å²) in [6.45, 7) is 0.831. The first-order chi connectivity index (χ1) is 9.26. The summed E-state index contributed by atoms with van der Waals surface area (Å²) in [5, 5.41) is 3.36. The predicted octanol–water partition coefficient (Wildman–Crippen LogP) is 2.27. The Bertz CT molecular complexity index is 569. The van der Waals surface area contributed by atoms with E-state index in [1.54, 1.807) is 19.4 Å². The number of ether oxygens (including phenoxy) is 1. The molecule has 2 atom stereocenters. The molecule has 1 saturated heterocycles. The van der Waals surface area contributed by atoms with Gasteiger partial charge in [0.25, 0.3) is 0 Å². The summed E-state index contributed by atoms with van der Waals surface area (Å²) in [6.07, 6.45) is 2.87. The lowest BCUT2D eigenvalue weighted by atomic mass is 10.1. The molecule has 1 aromatic carbocycles.